The molecule has 0 aliphatic carbocycles. The Balaban J connectivity index is 1.69. The molecule has 2 aromatic rings. The molecule has 3 N–H and O–H groups in total. The van der Waals surface area contributed by atoms with Gasteiger partial charge in [0.25, 0.3) is 0 Å². The van der Waals surface area contributed by atoms with E-state index in [-0.39, 0.29) is 30.0 Å². The van der Waals surface area contributed by atoms with Gasteiger partial charge in [0.15, 0.2) is 0 Å². The standard InChI is InChI=1S/C17H20FN5O2/c18-13-5-1-6-14(23-9-3-7-21-23)16(13)20-10-15(24)22-8-2-4-12(11-22)17(19)25/h1,3,5-7,9,12,20H,2,4,8,10-11H2,(H2,19,25)/t12-/m1/s1. The van der Waals surface area contributed by atoms with Gasteiger partial charge in [0.1, 0.15) is 5.82 Å². The molecule has 0 radical (unpaired) electrons. The number of hydrogen-bond donors (Lipinski definition) is 2. The summed E-state index contributed by atoms with van der Waals surface area (Å²) in [5.41, 5.74) is 6.07. The van der Waals surface area contributed by atoms with Gasteiger partial charge < -0.3 is 16.0 Å². The lowest BCUT2D eigenvalue weighted by atomic mass is 9.97. The Kier molecular flexibility index (Phi) is 4.97. The second kappa shape index (κ2) is 7.33. The average Bonchev–Trinajstić information content (AvgIpc) is 3.14. The minimum atomic E-state index is -0.463. The first-order valence-electron chi connectivity index (χ1n) is 8.15. The summed E-state index contributed by atoms with van der Waals surface area (Å²) >= 11 is 0. The zero-order chi connectivity index (χ0) is 17.8. The minimum absolute atomic E-state index is 0.0688. The Hall–Kier alpha value is -2.90. The minimum Gasteiger partial charge on any atom is -0.372 e. The van der Waals surface area contributed by atoms with Crippen LogP contribution in [0.1, 0.15) is 12.8 Å². The van der Waals surface area contributed by atoms with Gasteiger partial charge in [-0.05, 0) is 31.0 Å². The van der Waals surface area contributed by atoms with Crippen molar-refractivity contribution in [1.82, 2.24) is 14.7 Å². The normalized spacial score (nSPS) is 17.3. The van der Waals surface area contributed by atoms with Gasteiger partial charge >= 0.3 is 0 Å². The van der Waals surface area contributed by atoms with Crippen LogP contribution in [0.25, 0.3) is 5.69 Å². The van der Waals surface area contributed by atoms with Crippen LogP contribution in [-0.4, -0.2) is 46.1 Å². The van der Waals surface area contributed by atoms with Crippen LogP contribution < -0.4 is 11.1 Å². The summed E-state index contributed by atoms with van der Waals surface area (Å²) < 4.78 is 15.7. The molecule has 132 valence electrons. The molecule has 1 fully saturated rings. The number of nitrogens with one attached hydrogen (secondary N) is 1. The zero-order valence-electron chi connectivity index (χ0n) is 13.7. The molecule has 1 aromatic carbocycles. The molecular formula is C17H20FN5O2. The van der Waals surface area contributed by atoms with E-state index in [0.717, 1.165) is 6.42 Å². The summed E-state index contributed by atoms with van der Waals surface area (Å²) in [5, 5.41) is 6.97. The molecular weight excluding hydrogens is 325 g/mol. The Morgan fingerprint density at radius 2 is 2.20 bits per heavy atom. The van der Waals surface area contributed by atoms with Crippen molar-refractivity contribution in [3.8, 4) is 5.69 Å². The van der Waals surface area contributed by atoms with Crippen molar-refractivity contribution in [2.45, 2.75) is 12.8 Å². The van der Waals surface area contributed by atoms with E-state index in [1.54, 1.807) is 35.5 Å². The number of amides is 2. The summed E-state index contributed by atoms with van der Waals surface area (Å²) in [6.07, 6.45) is 4.72. The van der Waals surface area contributed by atoms with Crippen molar-refractivity contribution in [3.63, 3.8) is 0 Å². The molecule has 2 heterocycles. The van der Waals surface area contributed by atoms with Gasteiger partial charge in [-0.2, -0.15) is 5.10 Å². The Morgan fingerprint density at radius 3 is 2.92 bits per heavy atom. The van der Waals surface area contributed by atoms with Crippen molar-refractivity contribution in [2.75, 3.05) is 25.0 Å². The summed E-state index contributed by atoms with van der Waals surface area (Å²) in [6, 6.07) is 6.36. The molecule has 7 nitrogen and oxygen atoms in total. The maximum atomic E-state index is 14.2. The number of carbonyl (C=O) groups is 2. The SMILES string of the molecule is NC(=O)[C@@H]1CCCN(C(=O)CNc2c(F)cccc2-n2cccn2)C1. The first-order valence-corrected chi connectivity index (χ1v) is 8.15. The van der Waals surface area contributed by atoms with Crippen LogP contribution in [0.4, 0.5) is 10.1 Å². The molecule has 1 aromatic heterocycles. The van der Waals surface area contributed by atoms with E-state index < -0.39 is 5.82 Å². The molecule has 1 atom stereocenters. The van der Waals surface area contributed by atoms with Crippen LogP contribution in [0.15, 0.2) is 36.7 Å². The van der Waals surface area contributed by atoms with Gasteiger partial charge in [0.2, 0.25) is 11.8 Å². The molecule has 0 unspecified atom stereocenters. The molecule has 2 amide bonds. The third kappa shape index (κ3) is 3.78. The van der Waals surface area contributed by atoms with E-state index in [4.69, 9.17) is 5.73 Å². The number of hydrogen-bond acceptors (Lipinski definition) is 4. The molecule has 0 spiro atoms. The third-order valence-corrected chi connectivity index (χ3v) is 4.34. The summed E-state index contributed by atoms with van der Waals surface area (Å²) in [6.45, 7) is 0.827. The molecule has 3 rings (SSSR count). The number of piperidine rings is 1. The summed E-state index contributed by atoms with van der Waals surface area (Å²) in [7, 11) is 0. The van der Waals surface area contributed by atoms with Crippen LogP contribution in [0.2, 0.25) is 0 Å². The van der Waals surface area contributed by atoms with Gasteiger partial charge in [-0.1, -0.05) is 6.07 Å². The van der Waals surface area contributed by atoms with E-state index in [9.17, 15) is 14.0 Å². The maximum absolute atomic E-state index is 14.2. The number of nitrogens with zero attached hydrogens (tertiary/aromatic N) is 3. The Morgan fingerprint density at radius 1 is 1.36 bits per heavy atom. The first-order chi connectivity index (χ1) is 12.1. The number of carbonyl (C=O) groups excluding carboxylic acids is 2. The van der Waals surface area contributed by atoms with E-state index in [1.807, 2.05) is 0 Å². The van der Waals surface area contributed by atoms with Gasteiger partial charge in [-0.3, -0.25) is 9.59 Å². The fourth-order valence-electron chi connectivity index (χ4n) is 3.00. The summed E-state index contributed by atoms with van der Waals surface area (Å²) in [5.74, 6) is -1.36. The number of rotatable bonds is 5. The molecule has 1 aliphatic rings. The van der Waals surface area contributed by atoms with Crippen LogP contribution >= 0.6 is 0 Å². The second-order valence-electron chi connectivity index (χ2n) is 6.02. The van der Waals surface area contributed by atoms with Crippen LogP contribution in [0.5, 0.6) is 0 Å². The quantitative estimate of drug-likeness (QED) is 0.850. The van der Waals surface area contributed by atoms with Crippen molar-refractivity contribution >= 4 is 17.5 Å². The molecule has 8 heteroatoms. The predicted molar refractivity (Wildman–Crippen MR) is 90.5 cm³/mol. The maximum Gasteiger partial charge on any atom is 0.241 e. The van der Waals surface area contributed by atoms with Gasteiger partial charge in [0, 0.05) is 25.5 Å². The lowest BCUT2D eigenvalue weighted by molar-refractivity contribution is -0.133. The van der Waals surface area contributed by atoms with Gasteiger partial charge in [-0.15, -0.1) is 0 Å². The zero-order valence-corrected chi connectivity index (χ0v) is 13.7. The fraction of sp³-hybridized carbons (Fsp3) is 0.353. The highest BCUT2D eigenvalue weighted by Gasteiger charge is 2.27. The predicted octanol–water partition coefficient (Wildman–Crippen LogP) is 1.15. The number of halogens is 1. The highest BCUT2D eigenvalue weighted by atomic mass is 19.1. The fourth-order valence-corrected chi connectivity index (χ4v) is 3.00. The number of aromatic nitrogens is 2. The molecule has 25 heavy (non-hydrogen) atoms. The van der Waals surface area contributed by atoms with Crippen LogP contribution in [0.3, 0.4) is 0 Å². The largest absolute Gasteiger partial charge is 0.372 e. The molecule has 1 aliphatic heterocycles. The monoisotopic (exact) mass is 345 g/mol. The van der Waals surface area contributed by atoms with Crippen molar-refractivity contribution in [3.05, 3.63) is 42.5 Å². The Bertz CT molecular complexity index is 762. The van der Waals surface area contributed by atoms with Crippen LogP contribution in [0, 0.1) is 11.7 Å². The highest BCUT2D eigenvalue weighted by Crippen LogP contribution is 2.23. The van der Waals surface area contributed by atoms with E-state index in [2.05, 4.69) is 10.4 Å². The van der Waals surface area contributed by atoms with E-state index in [1.165, 1.54) is 10.7 Å². The number of likely N-dealkylation sites (tertiary alicyclic amines) is 1. The average molecular weight is 345 g/mol. The van der Waals surface area contributed by atoms with Crippen molar-refractivity contribution in [1.29, 1.82) is 0 Å². The number of nitrogens with two attached hydrogens (primary N) is 1. The second-order valence-corrected chi connectivity index (χ2v) is 6.02. The topological polar surface area (TPSA) is 93.3 Å². The Labute approximate surface area is 144 Å². The summed E-state index contributed by atoms with van der Waals surface area (Å²) in [4.78, 5) is 25.3. The number of benzene rings is 1. The lowest BCUT2D eigenvalue weighted by Gasteiger charge is -2.31. The van der Waals surface area contributed by atoms with Crippen molar-refractivity contribution in [2.24, 2.45) is 11.7 Å². The van der Waals surface area contributed by atoms with Crippen molar-refractivity contribution < 1.29 is 14.0 Å². The number of anilines is 1. The van der Waals surface area contributed by atoms with Gasteiger partial charge in [-0.25, -0.2) is 9.07 Å². The first kappa shape index (κ1) is 16.9. The number of para-hydroxylation sites is 1. The van der Waals surface area contributed by atoms with E-state index >= 15 is 0 Å². The highest BCUT2D eigenvalue weighted by molar-refractivity contribution is 5.83. The molecule has 0 saturated carbocycles. The molecule has 0 bridgehead atoms. The lowest BCUT2D eigenvalue weighted by Crippen LogP contribution is -2.46. The third-order valence-electron chi connectivity index (χ3n) is 4.34. The van der Waals surface area contributed by atoms with Gasteiger partial charge in [0.05, 0.1) is 23.8 Å². The smallest absolute Gasteiger partial charge is 0.241 e. The van der Waals surface area contributed by atoms with E-state index in [0.29, 0.717) is 25.2 Å². The number of primary amides is 1. The van der Waals surface area contributed by atoms with Crippen LogP contribution in [-0.2, 0) is 9.59 Å². The molecule has 1 saturated heterocycles.